The third kappa shape index (κ3) is 2.62. The molecule has 0 saturated carbocycles. The predicted molar refractivity (Wildman–Crippen MR) is 71.1 cm³/mol. The van der Waals surface area contributed by atoms with E-state index >= 15 is 0 Å². The number of thiazole rings is 1. The summed E-state index contributed by atoms with van der Waals surface area (Å²) in [6, 6.07) is 3.98. The van der Waals surface area contributed by atoms with Crippen molar-refractivity contribution in [2.45, 2.75) is 20.0 Å². The Labute approximate surface area is 105 Å². The first-order valence-electron chi connectivity index (χ1n) is 5.46. The van der Waals surface area contributed by atoms with Gasteiger partial charge in [-0.05, 0) is 19.1 Å². The molecule has 4 nitrogen and oxygen atoms in total. The quantitative estimate of drug-likeness (QED) is 0.898. The average Bonchev–Trinajstić information content (AvgIpc) is 2.75. The normalized spacial score (nSPS) is 10.5. The van der Waals surface area contributed by atoms with Crippen LogP contribution in [0.1, 0.15) is 16.3 Å². The molecule has 0 spiro atoms. The molecule has 0 unspecified atom stereocenters. The highest BCUT2D eigenvalue weighted by Gasteiger charge is 2.10. The summed E-state index contributed by atoms with van der Waals surface area (Å²) in [5.74, 6) is 0. The topological polar surface area (TPSA) is 55.0 Å². The van der Waals surface area contributed by atoms with Crippen molar-refractivity contribution in [1.29, 1.82) is 0 Å². The number of anilines is 1. The van der Waals surface area contributed by atoms with E-state index < -0.39 is 0 Å². The van der Waals surface area contributed by atoms with Crippen LogP contribution in [0.3, 0.4) is 0 Å². The van der Waals surface area contributed by atoms with Gasteiger partial charge in [0.2, 0.25) is 0 Å². The molecule has 2 aromatic heterocycles. The van der Waals surface area contributed by atoms with Crippen molar-refractivity contribution in [3.8, 4) is 0 Å². The Hall–Kier alpha value is -1.46. The summed E-state index contributed by atoms with van der Waals surface area (Å²) < 4.78 is 0. The van der Waals surface area contributed by atoms with Crippen LogP contribution in [0.25, 0.3) is 0 Å². The maximum absolute atomic E-state index is 5.69. The summed E-state index contributed by atoms with van der Waals surface area (Å²) in [4.78, 5) is 12.0. The minimum absolute atomic E-state index is 0.461. The first kappa shape index (κ1) is 12.0. The van der Waals surface area contributed by atoms with Crippen LogP contribution in [-0.2, 0) is 13.1 Å². The summed E-state index contributed by atoms with van der Waals surface area (Å²) >= 11 is 1.68. The fraction of sp³-hybridized carbons (Fsp3) is 0.333. The number of nitrogens with two attached hydrogens (primary N) is 1. The number of pyridine rings is 1. The lowest BCUT2D eigenvalue weighted by atomic mass is 10.2. The van der Waals surface area contributed by atoms with Crippen molar-refractivity contribution in [2.75, 3.05) is 11.9 Å². The van der Waals surface area contributed by atoms with Crippen molar-refractivity contribution in [3.05, 3.63) is 40.1 Å². The van der Waals surface area contributed by atoms with Gasteiger partial charge in [-0.2, -0.15) is 0 Å². The lowest BCUT2D eigenvalue weighted by Crippen LogP contribution is -2.19. The zero-order valence-electron chi connectivity index (χ0n) is 10.1. The molecule has 2 heterocycles. The second kappa shape index (κ2) is 5.25. The van der Waals surface area contributed by atoms with E-state index in [1.165, 1.54) is 4.88 Å². The molecule has 0 aromatic carbocycles. The van der Waals surface area contributed by atoms with Gasteiger partial charge >= 0.3 is 0 Å². The Kier molecular flexibility index (Phi) is 3.71. The molecule has 17 heavy (non-hydrogen) atoms. The second-order valence-electron chi connectivity index (χ2n) is 3.89. The van der Waals surface area contributed by atoms with Gasteiger partial charge in [0.15, 0.2) is 0 Å². The number of nitrogens with zero attached hydrogens (tertiary/aromatic N) is 3. The van der Waals surface area contributed by atoms with Crippen LogP contribution in [0.15, 0.2) is 23.8 Å². The van der Waals surface area contributed by atoms with Gasteiger partial charge < -0.3 is 10.6 Å². The second-order valence-corrected chi connectivity index (χ2v) is 4.83. The molecule has 0 amide bonds. The first-order valence-corrected chi connectivity index (χ1v) is 6.34. The van der Waals surface area contributed by atoms with Crippen molar-refractivity contribution in [2.24, 2.45) is 5.73 Å². The monoisotopic (exact) mass is 248 g/mol. The Morgan fingerprint density at radius 2 is 2.24 bits per heavy atom. The summed E-state index contributed by atoms with van der Waals surface area (Å²) in [6.07, 6.45) is 1.78. The van der Waals surface area contributed by atoms with Gasteiger partial charge in [0.25, 0.3) is 0 Å². The molecular formula is C12H16N4S. The largest absolute Gasteiger partial charge is 0.368 e. The number of aryl methyl sites for hydroxylation is 1. The van der Waals surface area contributed by atoms with Crippen LogP contribution < -0.4 is 10.6 Å². The third-order valence-corrected chi connectivity index (χ3v) is 3.62. The van der Waals surface area contributed by atoms with E-state index in [1.54, 1.807) is 17.5 Å². The van der Waals surface area contributed by atoms with Crippen LogP contribution in [0.2, 0.25) is 0 Å². The Bertz CT molecular complexity index is 495. The maximum atomic E-state index is 5.69. The minimum atomic E-state index is 0.461. The average molecular weight is 248 g/mol. The highest BCUT2D eigenvalue weighted by molar-refractivity contribution is 7.09. The Balaban J connectivity index is 2.20. The fourth-order valence-corrected chi connectivity index (χ4v) is 2.54. The molecule has 5 heteroatoms. The van der Waals surface area contributed by atoms with Crippen molar-refractivity contribution >= 4 is 17.0 Å². The Morgan fingerprint density at radius 1 is 1.41 bits per heavy atom. The summed E-state index contributed by atoms with van der Waals surface area (Å²) in [6.45, 7) is 3.34. The fourth-order valence-electron chi connectivity index (χ4n) is 1.71. The minimum Gasteiger partial charge on any atom is -0.368 e. The summed E-state index contributed by atoms with van der Waals surface area (Å²) in [5.41, 5.74) is 10.7. The van der Waals surface area contributed by atoms with E-state index in [2.05, 4.69) is 21.9 Å². The van der Waals surface area contributed by atoms with E-state index in [4.69, 9.17) is 5.73 Å². The van der Waals surface area contributed by atoms with E-state index in [1.807, 2.05) is 24.6 Å². The Morgan fingerprint density at radius 3 is 2.88 bits per heavy atom. The lowest BCUT2D eigenvalue weighted by Gasteiger charge is -2.20. The molecule has 0 aliphatic carbocycles. The molecule has 0 radical (unpaired) electrons. The molecule has 2 N–H and O–H groups in total. The van der Waals surface area contributed by atoms with Crippen molar-refractivity contribution < 1.29 is 0 Å². The van der Waals surface area contributed by atoms with Crippen LogP contribution in [0, 0.1) is 6.92 Å². The van der Waals surface area contributed by atoms with Crippen LogP contribution >= 0.6 is 11.3 Å². The van der Waals surface area contributed by atoms with E-state index in [0.29, 0.717) is 6.54 Å². The van der Waals surface area contributed by atoms with Gasteiger partial charge in [-0.1, -0.05) is 0 Å². The maximum Gasteiger partial charge on any atom is 0.0798 e. The molecule has 0 aliphatic heterocycles. The molecule has 2 aromatic rings. The van der Waals surface area contributed by atoms with Crippen LogP contribution in [0.4, 0.5) is 5.69 Å². The van der Waals surface area contributed by atoms with E-state index in [-0.39, 0.29) is 0 Å². The van der Waals surface area contributed by atoms with E-state index in [0.717, 1.165) is 23.6 Å². The summed E-state index contributed by atoms with van der Waals surface area (Å²) in [7, 11) is 2.05. The zero-order valence-corrected chi connectivity index (χ0v) is 10.9. The molecule has 2 rings (SSSR count). The van der Waals surface area contributed by atoms with Crippen molar-refractivity contribution in [3.63, 3.8) is 0 Å². The van der Waals surface area contributed by atoms with Gasteiger partial charge in [-0.3, -0.25) is 4.98 Å². The highest BCUT2D eigenvalue weighted by Crippen LogP contribution is 2.21. The van der Waals surface area contributed by atoms with Gasteiger partial charge in [-0.25, -0.2) is 4.98 Å². The lowest BCUT2D eigenvalue weighted by molar-refractivity contribution is 0.886. The summed E-state index contributed by atoms with van der Waals surface area (Å²) in [5, 5.41) is 0. The molecule has 0 atom stereocenters. The molecular weight excluding hydrogens is 232 g/mol. The predicted octanol–water partition coefficient (Wildman–Crippen LogP) is 1.94. The molecule has 0 aliphatic rings. The standard InChI is InChI=1S/C12H16N4S/c1-9-12(17-8-15-9)7-16(2)11-4-3-5-14-10(11)6-13/h3-5,8H,6-7,13H2,1-2H3. The van der Waals surface area contributed by atoms with Crippen LogP contribution in [0.5, 0.6) is 0 Å². The third-order valence-electron chi connectivity index (χ3n) is 2.70. The molecule has 0 fully saturated rings. The van der Waals surface area contributed by atoms with Gasteiger partial charge in [-0.15, -0.1) is 11.3 Å². The van der Waals surface area contributed by atoms with E-state index in [9.17, 15) is 0 Å². The first-order chi connectivity index (χ1) is 8.22. The molecule has 90 valence electrons. The van der Waals surface area contributed by atoms with Gasteiger partial charge in [0.1, 0.15) is 0 Å². The molecule has 0 bridgehead atoms. The molecule has 0 saturated heterocycles. The number of hydrogen-bond acceptors (Lipinski definition) is 5. The number of rotatable bonds is 4. The van der Waals surface area contributed by atoms with Gasteiger partial charge in [0.05, 0.1) is 29.1 Å². The number of aromatic nitrogens is 2. The van der Waals surface area contributed by atoms with Gasteiger partial charge in [0, 0.05) is 24.7 Å². The smallest absolute Gasteiger partial charge is 0.0798 e. The zero-order chi connectivity index (χ0) is 12.3. The number of hydrogen-bond donors (Lipinski definition) is 1. The SMILES string of the molecule is Cc1ncsc1CN(C)c1cccnc1CN. The van der Waals surface area contributed by atoms with Crippen molar-refractivity contribution in [1.82, 2.24) is 9.97 Å². The van der Waals surface area contributed by atoms with Crippen LogP contribution in [-0.4, -0.2) is 17.0 Å². The highest BCUT2D eigenvalue weighted by atomic mass is 32.1.